The van der Waals surface area contributed by atoms with E-state index < -0.39 is 0 Å². The lowest BCUT2D eigenvalue weighted by Crippen LogP contribution is -2.29. The third-order valence-electron chi connectivity index (χ3n) is 3.64. The van der Waals surface area contributed by atoms with Gasteiger partial charge in [-0.2, -0.15) is 0 Å². The normalized spacial score (nSPS) is 16.3. The molecule has 1 heterocycles. The Balaban J connectivity index is 1.65. The van der Waals surface area contributed by atoms with Crippen LogP contribution in [-0.4, -0.2) is 19.0 Å². The fourth-order valence-corrected chi connectivity index (χ4v) is 2.66. The Morgan fingerprint density at radius 1 is 1.26 bits per heavy atom. The Bertz CT molecular complexity index is 399. The van der Waals surface area contributed by atoms with E-state index in [2.05, 4.69) is 26.6 Å². The van der Waals surface area contributed by atoms with E-state index in [0.29, 0.717) is 13.0 Å². The quantitative estimate of drug-likeness (QED) is 0.874. The Hall–Kier alpha value is -0.870. The van der Waals surface area contributed by atoms with Crippen LogP contribution in [-0.2, 0) is 11.3 Å². The lowest BCUT2D eigenvalue weighted by atomic mass is 9.93. The summed E-state index contributed by atoms with van der Waals surface area (Å²) in [5, 5.41) is 6.34. The van der Waals surface area contributed by atoms with Crippen LogP contribution in [0.1, 0.15) is 31.2 Å². The summed E-state index contributed by atoms with van der Waals surface area (Å²) >= 11 is 3.40. The Morgan fingerprint density at radius 3 is 2.63 bits per heavy atom. The second-order valence-electron chi connectivity index (χ2n) is 5.14. The van der Waals surface area contributed by atoms with Crippen molar-refractivity contribution >= 4 is 21.8 Å². The lowest BCUT2D eigenvalue weighted by Gasteiger charge is -2.22. The molecular formula is C15H21BrN2O. The van der Waals surface area contributed by atoms with E-state index >= 15 is 0 Å². The third kappa shape index (κ3) is 5.33. The number of benzene rings is 1. The third-order valence-corrected chi connectivity index (χ3v) is 4.17. The average Bonchev–Trinajstić information content (AvgIpc) is 2.45. The van der Waals surface area contributed by atoms with Crippen molar-refractivity contribution in [3.63, 3.8) is 0 Å². The van der Waals surface area contributed by atoms with Gasteiger partial charge in [0, 0.05) is 17.4 Å². The van der Waals surface area contributed by atoms with Crippen LogP contribution in [0.25, 0.3) is 0 Å². The smallest absolute Gasteiger partial charge is 0.220 e. The van der Waals surface area contributed by atoms with Gasteiger partial charge >= 0.3 is 0 Å². The molecule has 0 radical (unpaired) electrons. The fourth-order valence-electron chi connectivity index (χ4n) is 2.40. The molecule has 0 atom stereocenters. The van der Waals surface area contributed by atoms with E-state index in [1.807, 2.05) is 24.3 Å². The first kappa shape index (κ1) is 14.5. The van der Waals surface area contributed by atoms with Crippen LogP contribution in [0.2, 0.25) is 0 Å². The number of carbonyl (C=O) groups is 1. The van der Waals surface area contributed by atoms with Crippen LogP contribution in [0.15, 0.2) is 28.7 Å². The van der Waals surface area contributed by atoms with Gasteiger partial charge in [-0.25, -0.2) is 0 Å². The molecular weight excluding hydrogens is 304 g/mol. The van der Waals surface area contributed by atoms with Gasteiger partial charge in [-0.3, -0.25) is 4.79 Å². The molecule has 1 aromatic carbocycles. The molecule has 1 aromatic rings. The van der Waals surface area contributed by atoms with Crippen molar-refractivity contribution in [1.82, 2.24) is 10.6 Å². The summed E-state index contributed by atoms with van der Waals surface area (Å²) < 4.78 is 1.06. The zero-order valence-corrected chi connectivity index (χ0v) is 12.7. The van der Waals surface area contributed by atoms with E-state index in [9.17, 15) is 4.79 Å². The van der Waals surface area contributed by atoms with Crippen LogP contribution >= 0.6 is 15.9 Å². The highest BCUT2D eigenvalue weighted by Gasteiger charge is 2.14. The van der Waals surface area contributed by atoms with Gasteiger partial charge < -0.3 is 10.6 Å². The molecule has 104 valence electrons. The molecule has 0 unspecified atom stereocenters. The maximum Gasteiger partial charge on any atom is 0.220 e. The van der Waals surface area contributed by atoms with Gasteiger partial charge in [0.25, 0.3) is 0 Å². The average molecular weight is 325 g/mol. The van der Waals surface area contributed by atoms with Crippen molar-refractivity contribution in [1.29, 1.82) is 0 Å². The molecule has 3 nitrogen and oxygen atoms in total. The van der Waals surface area contributed by atoms with Crippen LogP contribution in [0.3, 0.4) is 0 Å². The summed E-state index contributed by atoms with van der Waals surface area (Å²) in [6, 6.07) is 8.04. The van der Waals surface area contributed by atoms with Gasteiger partial charge in [0.15, 0.2) is 0 Å². The maximum atomic E-state index is 11.8. The number of halogens is 1. The highest BCUT2D eigenvalue weighted by Crippen LogP contribution is 2.17. The minimum atomic E-state index is 0.168. The Morgan fingerprint density at radius 2 is 1.95 bits per heavy atom. The van der Waals surface area contributed by atoms with E-state index in [-0.39, 0.29) is 5.91 Å². The number of amides is 1. The van der Waals surface area contributed by atoms with E-state index in [1.54, 1.807) is 0 Å². The molecule has 2 N–H and O–H groups in total. The van der Waals surface area contributed by atoms with Crippen molar-refractivity contribution in [3.05, 3.63) is 34.3 Å². The summed E-state index contributed by atoms with van der Waals surface area (Å²) in [6.07, 6.45) is 4.09. The van der Waals surface area contributed by atoms with Crippen LogP contribution in [0.4, 0.5) is 0 Å². The molecule has 0 aliphatic carbocycles. The summed E-state index contributed by atoms with van der Waals surface area (Å²) in [5.74, 6) is 0.890. The van der Waals surface area contributed by atoms with Crippen LogP contribution < -0.4 is 10.6 Å². The zero-order chi connectivity index (χ0) is 13.5. The molecule has 4 heteroatoms. The first-order valence-corrected chi connectivity index (χ1v) is 7.75. The van der Waals surface area contributed by atoms with E-state index in [4.69, 9.17) is 0 Å². The molecule has 1 amide bonds. The SMILES string of the molecule is O=C(CCC1CCNCC1)NCc1ccc(Br)cc1. The van der Waals surface area contributed by atoms with Gasteiger partial charge in [-0.15, -0.1) is 0 Å². The summed E-state index contributed by atoms with van der Waals surface area (Å²) in [4.78, 5) is 11.8. The molecule has 0 aromatic heterocycles. The minimum Gasteiger partial charge on any atom is -0.352 e. The monoisotopic (exact) mass is 324 g/mol. The zero-order valence-electron chi connectivity index (χ0n) is 11.1. The number of hydrogen-bond donors (Lipinski definition) is 2. The Kier molecular flexibility index (Phi) is 5.86. The molecule has 0 saturated carbocycles. The highest BCUT2D eigenvalue weighted by atomic mass is 79.9. The van der Waals surface area contributed by atoms with Gasteiger partial charge in [0.05, 0.1) is 0 Å². The largest absolute Gasteiger partial charge is 0.352 e. The number of carbonyl (C=O) groups excluding carboxylic acids is 1. The number of nitrogens with one attached hydrogen (secondary N) is 2. The van der Waals surface area contributed by atoms with Crippen LogP contribution in [0.5, 0.6) is 0 Å². The predicted molar refractivity (Wildman–Crippen MR) is 80.8 cm³/mol. The van der Waals surface area contributed by atoms with Gasteiger partial charge in [-0.1, -0.05) is 28.1 Å². The number of piperidine rings is 1. The maximum absolute atomic E-state index is 11.8. The van der Waals surface area contributed by atoms with Gasteiger partial charge in [0.1, 0.15) is 0 Å². The fraction of sp³-hybridized carbons (Fsp3) is 0.533. The van der Waals surface area contributed by atoms with E-state index in [1.165, 1.54) is 12.8 Å². The molecule has 1 fully saturated rings. The van der Waals surface area contributed by atoms with Crippen molar-refractivity contribution in [2.24, 2.45) is 5.92 Å². The van der Waals surface area contributed by atoms with Crippen molar-refractivity contribution in [2.75, 3.05) is 13.1 Å². The summed E-state index contributed by atoms with van der Waals surface area (Å²) in [7, 11) is 0. The summed E-state index contributed by atoms with van der Waals surface area (Å²) in [5.41, 5.74) is 1.14. The van der Waals surface area contributed by atoms with Gasteiger partial charge in [-0.05, 0) is 56.0 Å². The van der Waals surface area contributed by atoms with E-state index in [0.717, 1.165) is 35.5 Å². The van der Waals surface area contributed by atoms with Crippen molar-refractivity contribution in [2.45, 2.75) is 32.2 Å². The number of rotatable bonds is 5. The second kappa shape index (κ2) is 7.65. The molecule has 1 aliphatic rings. The molecule has 0 bridgehead atoms. The molecule has 0 spiro atoms. The van der Waals surface area contributed by atoms with Crippen molar-refractivity contribution in [3.8, 4) is 0 Å². The predicted octanol–water partition coefficient (Wildman–Crippen LogP) is 2.85. The number of hydrogen-bond acceptors (Lipinski definition) is 2. The molecule has 2 rings (SSSR count). The van der Waals surface area contributed by atoms with Crippen molar-refractivity contribution < 1.29 is 4.79 Å². The first-order chi connectivity index (χ1) is 9.24. The first-order valence-electron chi connectivity index (χ1n) is 6.96. The van der Waals surface area contributed by atoms with Crippen LogP contribution in [0, 0.1) is 5.92 Å². The van der Waals surface area contributed by atoms with Gasteiger partial charge in [0.2, 0.25) is 5.91 Å². The molecule has 1 saturated heterocycles. The summed E-state index contributed by atoms with van der Waals surface area (Å²) in [6.45, 7) is 2.83. The molecule has 1 aliphatic heterocycles. The molecule has 19 heavy (non-hydrogen) atoms. The lowest BCUT2D eigenvalue weighted by molar-refractivity contribution is -0.121. The highest BCUT2D eigenvalue weighted by molar-refractivity contribution is 9.10. The Labute approximate surface area is 123 Å². The second-order valence-corrected chi connectivity index (χ2v) is 6.05. The standard InChI is InChI=1S/C15H21BrN2O/c16-14-4-1-13(2-5-14)11-18-15(19)6-3-12-7-9-17-10-8-12/h1-2,4-5,12,17H,3,6-11H2,(H,18,19). The topological polar surface area (TPSA) is 41.1 Å². The minimum absolute atomic E-state index is 0.168.